The van der Waals surface area contributed by atoms with Crippen molar-refractivity contribution in [3.05, 3.63) is 74.6 Å². The summed E-state index contributed by atoms with van der Waals surface area (Å²) < 4.78 is 1.55. The quantitative estimate of drug-likeness (QED) is 0.429. The second-order valence-corrected chi connectivity index (χ2v) is 9.15. The molecule has 0 saturated carbocycles. The number of hydrogen-bond acceptors (Lipinski definition) is 5. The van der Waals surface area contributed by atoms with Crippen molar-refractivity contribution in [2.75, 3.05) is 16.8 Å². The van der Waals surface area contributed by atoms with E-state index in [2.05, 4.69) is 10.3 Å². The first-order valence-electron chi connectivity index (χ1n) is 8.74. The summed E-state index contributed by atoms with van der Waals surface area (Å²) in [5.41, 5.74) is 2.02. The van der Waals surface area contributed by atoms with E-state index in [4.69, 9.17) is 23.2 Å². The first kappa shape index (κ1) is 20.3. The Kier molecular flexibility index (Phi) is 6.20. The Morgan fingerprint density at radius 1 is 1.10 bits per heavy atom. The van der Waals surface area contributed by atoms with E-state index < -0.39 is 0 Å². The Morgan fingerprint density at radius 2 is 1.76 bits per heavy atom. The molecule has 29 heavy (non-hydrogen) atoms. The van der Waals surface area contributed by atoms with E-state index in [-0.39, 0.29) is 17.2 Å². The number of aromatic nitrogens is 2. The number of nitrogens with zero attached hydrogens (tertiary/aromatic N) is 2. The monoisotopic (exact) mass is 463 g/mol. The number of nitrogens with one attached hydrogen (secondary N) is 1. The zero-order valence-corrected chi connectivity index (χ0v) is 18.2. The van der Waals surface area contributed by atoms with E-state index >= 15 is 0 Å². The Labute approximate surface area is 185 Å². The lowest BCUT2D eigenvalue weighted by Crippen LogP contribution is -2.24. The third-order valence-electron chi connectivity index (χ3n) is 4.21. The number of aryl methyl sites for hydroxylation is 1. The Hall–Kier alpha value is -1.93. The molecule has 0 atom stereocenters. The Morgan fingerprint density at radius 3 is 2.45 bits per heavy atom. The van der Waals surface area contributed by atoms with Crippen molar-refractivity contribution in [2.45, 2.75) is 16.5 Å². The van der Waals surface area contributed by atoms with E-state index in [1.807, 2.05) is 0 Å². The Balaban J connectivity index is 1.60. The number of halogens is 2. The molecule has 0 unspecified atom stereocenters. The molecule has 148 valence electrons. The van der Waals surface area contributed by atoms with Gasteiger partial charge in [-0.25, -0.2) is 4.98 Å². The normalized spacial score (nSPS) is 12.6. The SMILES string of the molecule is O=C(CSc1nc2c(c(=O)n1-c1ccc(Cl)cc1)SCC2)Nc1ccc(Cl)cc1. The lowest BCUT2D eigenvalue weighted by atomic mass is 10.3. The van der Waals surface area contributed by atoms with Gasteiger partial charge in [-0.15, -0.1) is 11.8 Å². The highest BCUT2D eigenvalue weighted by atomic mass is 35.5. The number of thioether (sulfide) groups is 2. The van der Waals surface area contributed by atoms with Crippen LogP contribution < -0.4 is 10.9 Å². The summed E-state index contributed by atoms with van der Waals surface area (Å²) in [5.74, 6) is 0.766. The topological polar surface area (TPSA) is 64.0 Å². The van der Waals surface area contributed by atoms with Crippen molar-refractivity contribution >= 4 is 58.3 Å². The number of anilines is 1. The number of fused-ring (bicyclic) bond motifs is 1. The summed E-state index contributed by atoms with van der Waals surface area (Å²) in [6, 6.07) is 13.9. The Bertz CT molecular complexity index is 1120. The van der Waals surface area contributed by atoms with E-state index in [9.17, 15) is 9.59 Å². The zero-order valence-electron chi connectivity index (χ0n) is 15.0. The summed E-state index contributed by atoms with van der Waals surface area (Å²) in [7, 11) is 0. The highest BCUT2D eigenvalue weighted by molar-refractivity contribution is 8.00. The third kappa shape index (κ3) is 4.64. The van der Waals surface area contributed by atoms with E-state index in [1.165, 1.54) is 23.5 Å². The predicted molar refractivity (Wildman–Crippen MR) is 120 cm³/mol. The van der Waals surface area contributed by atoms with Gasteiger partial charge in [-0.3, -0.25) is 14.2 Å². The molecule has 0 spiro atoms. The minimum absolute atomic E-state index is 0.111. The van der Waals surface area contributed by atoms with Gasteiger partial charge in [-0.05, 0) is 48.5 Å². The average Bonchev–Trinajstić information content (AvgIpc) is 3.18. The van der Waals surface area contributed by atoms with Gasteiger partial charge in [0.1, 0.15) is 0 Å². The van der Waals surface area contributed by atoms with Crippen LogP contribution in [0.15, 0.2) is 63.4 Å². The highest BCUT2D eigenvalue weighted by Crippen LogP contribution is 2.30. The van der Waals surface area contributed by atoms with Crippen LogP contribution in [0, 0.1) is 0 Å². The van der Waals surface area contributed by atoms with Crippen LogP contribution in [0.25, 0.3) is 5.69 Å². The molecular weight excluding hydrogens is 449 g/mol. The van der Waals surface area contributed by atoms with Gasteiger partial charge in [-0.2, -0.15) is 0 Å². The van der Waals surface area contributed by atoms with Crippen LogP contribution in [0.5, 0.6) is 0 Å². The van der Waals surface area contributed by atoms with Gasteiger partial charge in [0.25, 0.3) is 5.56 Å². The van der Waals surface area contributed by atoms with Crippen LogP contribution in [-0.2, 0) is 11.2 Å². The fraction of sp³-hybridized carbons (Fsp3) is 0.150. The molecule has 1 aliphatic heterocycles. The lowest BCUT2D eigenvalue weighted by Gasteiger charge is -2.14. The van der Waals surface area contributed by atoms with Gasteiger partial charge >= 0.3 is 0 Å². The first-order valence-corrected chi connectivity index (χ1v) is 11.5. The molecule has 1 amide bonds. The molecule has 0 radical (unpaired) electrons. The zero-order chi connectivity index (χ0) is 20.4. The molecule has 2 aromatic carbocycles. The second kappa shape index (κ2) is 8.83. The minimum Gasteiger partial charge on any atom is -0.325 e. The molecule has 9 heteroatoms. The lowest BCUT2D eigenvalue weighted by molar-refractivity contribution is -0.113. The molecule has 0 bridgehead atoms. The first-order chi connectivity index (χ1) is 14.0. The van der Waals surface area contributed by atoms with Crippen LogP contribution in [0.4, 0.5) is 5.69 Å². The van der Waals surface area contributed by atoms with E-state index in [0.29, 0.717) is 31.5 Å². The van der Waals surface area contributed by atoms with Crippen LogP contribution in [0.3, 0.4) is 0 Å². The molecule has 0 aliphatic carbocycles. The summed E-state index contributed by atoms with van der Waals surface area (Å²) in [4.78, 5) is 30.8. The molecule has 3 aromatic rings. The van der Waals surface area contributed by atoms with Crippen molar-refractivity contribution in [1.82, 2.24) is 9.55 Å². The van der Waals surface area contributed by atoms with Crippen LogP contribution in [0.2, 0.25) is 10.0 Å². The molecule has 0 saturated heterocycles. The smallest absolute Gasteiger partial charge is 0.272 e. The van der Waals surface area contributed by atoms with Crippen molar-refractivity contribution in [3.8, 4) is 5.69 Å². The average molecular weight is 464 g/mol. The number of hydrogen-bond donors (Lipinski definition) is 1. The third-order valence-corrected chi connectivity index (χ3v) is 6.76. The second-order valence-electron chi connectivity index (χ2n) is 6.23. The summed E-state index contributed by atoms with van der Waals surface area (Å²) in [6.07, 6.45) is 0.751. The van der Waals surface area contributed by atoms with Crippen LogP contribution in [-0.4, -0.2) is 27.0 Å². The summed E-state index contributed by atoms with van der Waals surface area (Å²) in [6.45, 7) is 0. The molecule has 0 fully saturated rings. The molecule has 1 aromatic heterocycles. The number of benzene rings is 2. The van der Waals surface area contributed by atoms with Crippen molar-refractivity contribution in [2.24, 2.45) is 0 Å². The van der Waals surface area contributed by atoms with Crippen LogP contribution in [0.1, 0.15) is 5.69 Å². The molecule has 5 nitrogen and oxygen atoms in total. The standard InChI is InChI=1S/C20H15Cl2N3O2S2/c21-12-1-5-14(6-2-12)23-17(26)11-29-20-24-16-9-10-28-18(16)19(27)25(20)15-7-3-13(22)4-8-15/h1-8H,9-11H2,(H,23,26). The predicted octanol–water partition coefficient (Wildman–Crippen LogP) is 4.92. The summed E-state index contributed by atoms with van der Waals surface area (Å²) >= 11 is 14.6. The fourth-order valence-electron chi connectivity index (χ4n) is 2.87. The number of carbonyl (C=O) groups is 1. The van der Waals surface area contributed by atoms with Gasteiger partial charge < -0.3 is 5.32 Å². The molecule has 1 aliphatic rings. The van der Waals surface area contributed by atoms with Crippen molar-refractivity contribution in [1.29, 1.82) is 0 Å². The van der Waals surface area contributed by atoms with Crippen molar-refractivity contribution in [3.63, 3.8) is 0 Å². The number of carbonyl (C=O) groups excluding carboxylic acids is 1. The minimum atomic E-state index is -0.191. The van der Waals surface area contributed by atoms with E-state index in [0.717, 1.165) is 17.9 Å². The number of amides is 1. The molecular formula is C20H15Cl2N3O2S2. The fourth-order valence-corrected chi connectivity index (χ4v) is 4.97. The molecule has 4 rings (SSSR count). The van der Waals surface area contributed by atoms with Gasteiger partial charge in [-0.1, -0.05) is 35.0 Å². The van der Waals surface area contributed by atoms with Gasteiger partial charge in [0.2, 0.25) is 5.91 Å². The van der Waals surface area contributed by atoms with Gasteiger partial charge in [0, 0.05) is 27.9 Å². The highest BCUT2D eigenvalue weighted by Gasteiger charge is 2.23. The largest absolute Gasteiger partial charge is 0.325 e. The molecule has 1 N–H and O–H groups in total. The maximum atomic E-state index is 13.1. The maximum absolute atomic E-state index is 13.1. The van der Waals surface area contributed by atoms with Gasteiger partial charge in [0.05, 0.1) is 22.0 Å². The van der Waals surface area contributed by atoms with E-state index in [1.54, 1.807) is 53.1 Å². The van der Waals surface area contributed by atoms with Crippen LogP contribution >= 0.6 is 46.7 Å². The maximum Gasteiger partial charge on any atom is 0.272 e. The van der Waals surface area contributed by atoms with Crippen molar-refractivity contribution < 1.29 is 4.79 Å². The number of rotatable bonds is 5. The molecule has 2 heterocycles. The summed E-state index contributed by atoms with van der Waals surface area (Å²) in [5, 5.41) is 4.49. The van der Waals surface area contributed by atoms with Gasteiger partial charge in [0.15, 0.2) is 5.16 Å².